The van der Waals surface area contributed by atoms with Crippen molar-refractivity contribution in [1.29, 1.82) is 0 Å². The van der Waals surface area contributed by atoms with E-state index in [0.717, 1.165) is 25.7 Å². The van der Waals surface area contributed by atoms with Gasteiger partial charge in [-0.25, -0.2) is 0 Å². The van der Waals surface area contributed by atoms with E-state index in [-0.39, 0.29) is 22.8 Å². The zero-order valence-electron chi connectivity index (χ0n) is 13.5. The molecule has 0 bridgehead atoms. The summed E-state index contributed by atoms with van der Waals surface area (Å²) in [5.41, 5.74) is 6.03. The van der Waals surface area contributed by atoms with Crippen molar-refractivity contribution in [3.63, 3.8) is 0 Å². The zero-order valence-corrected chi connectivity index (χ0v) is 13.5. The summed E-state index contributed by atoms with van der Waals surface area (Å²) in [7, 11) is 0. The van der Waals surface area contributed by atoms with Crippen LogP contribution in [0.15, 0.2) is 0 Å². The second-order valence-corrected chi connectivity index (χ2v) is 7.96. The molecule has 1 amide bonds. The first-order valence-corrected chi connectivity index (χ1v) is 8.41. The molecule has 116 valence electrons. The second kappa shape index (κ2) is 6.05. The Labute approximate surface area is 124 Å². The molecule has 0 spiro atoms. The van der Waals surface area contributed by atoms with Crippen LogP contribution < -0.4 is 11.1 Å². The molecule has 0 aromatic heterocycles. The maximum Gasteiger partial charge on any atom is 0.224 e. The van der Waals surface area contributed by atoms with Crippen LogP contribution in [0, 0.1) is 17.3 Å². The third-order valence-electron chi connectivity index (χ3n) is 5.69. The molecule has 0 saturated heterocycles. The predicted molar refractivity (Wildman–Crippen MR) is 83.3 cm³/mol. The minimum atomic E-state index is -0.137. The third-order valence-corrected chi connectivity index (χ3v) is 5.69. The second-order valence-electron chi connectivity index (χ2n) is 7.96. The molecule has 3 atom stereocenters. The Kier molecular flexibility index (Phi) is 4.78. The summed E-state index contributed by atoms with van der Waals surface area (Å²) >= 11 is 0. The van der Waals surface area contributed by atoms with Gasteiger partial charge in [0.25, 0.3) is 0 Å². The van der Waals surface area contributed by atoms with Crippen molar-refractivity contribution in [3.05, 3.63) is 0 Å². The lowest BCUT2D eigenvalue weighted by Crippen LogP contribution is -2.58. The van der Waals surface area contributed by atoms with Gasteiger partial charge in [0.1, 0.15) is 0 Å². The van der Waals surface area contributed by atoms with Crippen LogP contribution in [0.5, 0.6) is 0 Å². The number of rotatable bonds is 3. The van der Waals surface area contributed by atoms with E-state index in [4.69, 9.17) is 5.73 Å². The number of carbonyl (C=O) groups excluding carboxylic acids is 1. The maximum atomic E-state index is 12.8. The summed E-state index contributed by atoms with van der Waals surface area (Å²) < 4.78 is 0. The third kappa shape index (κ3) is 3.36. The summed E-state index contributed by atoms with van der Waals surface area (Å²) in [4.78, 5) is 12.8. The smallest absolute Gasteiger partial charge is 0.224 e. The molecule has 20 heavy (non-hydrogen) atoms. The quantitative estimate of drug-likeness (QED) is 0.834. The van der Waals surface area contributed by atoms with Crippen LogP contribution in [0.2, 0.25) is 0 Å². The van der Waals surface area contributed by atoms with Gasteiger partial charge in [0.05, 0.1) is 5.54 Å². The Hall–Kier alpha value is -0.570. The van der Waals surface area contributed by atoms with Gasteiger partial charge < -0.3 is 11.1 Å². The first-order valence-electron chi connectivity index (χ1n) is 8.41. The molecule has 3 heteroatoms. The number of hydrogen-bond donors (Lipinski definition) is 2. The van der Waals surface area contributed by atoms with Crippen LogP contribution in [0.3, 0.4) is 0 Å². The van der Waals surface area contributed by atoms with E-state index >= 15 is 0 Å². The molecule has 2 saturated carbocycles. The van der Waals surface area contributed by atoms with E-state index in [1.54, 1.807) is 0 Å². The Bertz CT molecular complexity index is 353. The zero-order chi connectivity index (χ0) is 14.8. The highest BCUT2D eigenvalue weighted by Gasteiger charge is 2.41. The maximum absolute atomic E-state index is 12.8. The van der Waals surface area contributed by atoms with E-state index < -0.39 is 0 Å². The number of nitrogens with one attached hydrogen (secondary N) is 1. The van der Waals surface area contributed by atoms with E-state index in [0.29, 0.717) is 12.5 Å². The highest BCUT2D eigenvalue weighted by atomic mass is 16.2. The summed E-state index contributed by atoms with van der Waals surface area (Å²) in [5.74, 6) is 1.10. The van der Waals surface area contributed by atoms with Gasteiger partial charge in [0.15, 0.2) is 0 Å². The average molecular weight is 280 g/mol. The first-order chi connectivity index (χ1) is 9.38. The first kappa shape index (κ1) is 15.8. The molecule has 3 nitrogen and oxygen atoms in total. The highest BCUT2D eigenvalue weighted by molar-refractivity contribution is 5.80. The molecule has 3 unspecified atom stereocenters. The highest BCUT2D eigenvalue weighted by Crippen LogP contribution is 2.41. The fraction of sp³-hybridized carbons (Fsp3) is 0.941. The van der Waals surface area contributed by atoms with Crippen molar-refractivity contribution < 1.29 is 4.79 Å². The molecule has 2 rings (SSSR count). The number of amides is 1. The van der Waals surface area contributed by atoms with Gasteiger partial charge in [-0.2, -0.15) is 0 Å². The molecular weight excluding hydrogens is 248 g/mol. The van der Waals surface area contributed by atoms with E-state index in [1.165, 1.54) is 25.7 Å². The minimum absolute atomic E-state index is 0.137. The number of nitrogens with two attached hydrogens (primary N) is 1. The van der Waals surface area contributed by atoms with Crippen LogP contribution in [0.1, 0.15) is 72.1 Å². The van der Waals surface area contributed by atoms with Gasteiger partial charge in [-0.3, -0.25) is 4.79 Å². The lowest BCUT2D eigenvalue weighted by Gasteiger charge is -2.44. The lowest BCUT2D eigenvalue weighted by atomic mass is 9.68. The average Bonchev–Trinajstić information content (AvgIpc) is 2.38. The molecule has 2 aliphatic carbocycles. The molecule has 0 aliphatic heterocycles. The summed E-state index contributed by atoms with van der Waals surface area (Å²) in [5, 5.41) is 3.37. The number of carbonyl (C=O) groups is 1. The van der Waals surface area contributed by atoms with Crippen molar-refractivity contribution in [2.75, 3.05) is 6.54 Å². The Morgan fingerprint density at radius 1 is 1.20 bits per heavy atom. The van der Waals surface area contributed by atoms with Gasteiger partial charge in [-0.1, -0.05) is 46.5 Å². The topological polar surface area (TPSA) is 55.1 Å². The molecule has 0 radical (unpaired) electrons. The molecule has 0 aromatic rings. The Morgan fingerprint density at radius 2 is 1.95 bits per heavy atom. The molecule has 2 fully saturated rings. The van der Waals surface area contributed by atoms with Crippen molar-refractivity contribution in [1.82, 2.24) is 5.32 Å². The summed E-state index contributed by atoms with van der Waals surface area (Å²) in [6, 6.07) is 0. The molecule has 3 N–H and O–H groups in total. The Morgan fingerprint density at radius 3 is 2.55 bits per heavy atom. The number of hydrogen-bond acceptors (Lipinski definition) is 2. The van der Waals surface area contributed by atoms with E-state index in [9.17, 15) is 4.79 Å². The van der Waals surface area contributed by atoms with Crippen molar-refractivity contribution >= 4 is 5.91 Å². The fourth-order valence-corrected chi connectivity index (χ4v) is 4.34. The van der Waals surface area contributed by atoms with E-state index in [2.05, 4.69) is 26.1 Å². The van der Waals surface area contributed by atoms with Crippen LogP contribution in [-0.2, 0) is 4.79 Å². The largest absolute Gasteiger partial charge is 0.349 e. The van der Waals surface area contributed by atoms with Gasteiger partial charge in [0.2, 0.25) is 5.91 Å². The Balaban J connectivity index is 2.05. The van der Waals surface area contributed by atoms with Crippen LogP contribution in [-0.4, -0.2) is 18.0 Å². The summed E-state index contributed by atoms with van der Waals surface area (Å²) in [6.45, 7) is 7.35. The van der Waals surface area contributed by atoms with Gasteiger partial charge in [-0.05, 0) is 37.0 Å². The SMILES string of the molecule is CC1CCCC(CN)(NC(=O)C2CCCCC2(C)C)C1. The van der Waals surface area contributed by atoms with Crippen LogP contribution >= 0.6 is 0 Å². The fourth-order valence-electron chi connectivity index (χ4n) is 4.34. The summed E-state index contributed by atoms with van der Waals surface area (Å²) in [6.07, 6.45) is 9.20. The molecular formula is C17H32N2O. The monoisotopic (exact) mass is 280 g/mol. The molecule has 0 aromatic carbocycles. The van der Waals surface area contributed by atoms with Crippen LogP contribution in [0.25, 0.3) is 0 Å². The minimum Gasteiger partial charge on any atom is -0.349 e. The van der Waals surface area contributed by atoms with Crippen molar-refractivity contribution in [2.24, 2.45) is 23.0 Å². The van der Waals surface area contributed by atoms with Gasteiger partial charge >= 0.3 is 0 Å². The van der Waals surface area contributed by atoms with E-state index in [1.807, 2.05) is 0 Å². The lowest BCUT2D eigenvalue weighted by molar-refractivity contribution is -0.132. The van der Waals surface area contributed by atoms with Crippen molar-refractivity contribution in [3.8, 4) is 0 Å². The normalized spacial score (nSPS) is 37.4. The standard InChI is InChI=1S/C17H32N2O/c1-13-7-6-10-17(11-13,12-18)19-15(20)14-8-4-5-9-16(14,2)3/h13-14H,4-12,18H2,1-3H3,(H,19,20). The predicted octanol–water partition coefficient (Wildman–Crippen LogP) is 3.23. The molecule has 0 heterocycles. The molecule has 2 aliphatic rings. The van der Waals surface area contributed by atoms with Gasteiger partial charge in [-0.15, -0.1) is 0 Å². The van der Waals surface area contributed by atoms with Crippen LogP contribution in [0.4, 0.5) is 0 Å². The van der Waals surface area contributed by atoms with Gasteiger partial charge in [0, 0.05) is 12.5 Å². The van der Waals surface area contributed by atoms with Crippen molar-refractivity contribution in [2.45, 2.75) is 77.7 Å².